The van der Waals surface area contributed by atoms with Crippen LogP contribution in [0.3, 0.4) is 0 Å². The largest absolute Gasteiger partial charge is 0.394 e. The first-order valence-corrected chi connectivity index (χ1v) is 7.25. The van der Waals surface area contributed by atoms with Gasteiger partial charge >= 0.3 is 0 Å². The second-order valence-corrected chi connectivity index (χ2v) is 5.68. The average molecular weight is 256 g/mol. The minimum Gasteiger partial charge on any atom is -0.394 e. The lowest BCUT2D eigenvalue weighted by molar-refractivity contribution is -0.121. The van der Waals surface area contributed by atoms with E-state index in [0.29, 0.717) is 12.6 Å². The molecule has 106 valence electrons. The lowest BCUT2D eigenvalue weighted by atomic mass is 10.0. The highest BCUT2D eigenvalue weighted by molar-refractivity contribution is 5.78. The molecule has 1 amide bonds. The molecule has 0 spiro atoms. The predicted molar refractivity (Wildman–Crippen MR) is 73.4 cm³/mol. The SMILES string of the molecule is CCC(C)(CO)NCC(=O)NC1CCCCCC1. The molecule has 1 fully saturated rings. The third-order valence-corrected chi connectivity index (χ3v) is 4.03. The van der Waals surface area contributed by atoms with Crippen LogP contribution in [-0.4, -0.2) is 35.7 Å². The van der Waals surface area contributed by atoms with Crippen LogP contribution in [0.5, 0.6) is 0 Å². The van der Waals surface area contributed by atoms with Gasteiger partial charge in [-0.3, -0.25) is 4.79 Å². The van der Waals surface area contributed by atoms with Gasteiger partial charge < -0.3 is 15.7 Å². The third kappa shape index (κ3) is 5.36. The Labute approximate surface area is 111 Å². The molecule has 1 aliphatic carbocycles. The molecule has 4 nitrogen and oxygen atoms in total. The van der Waals surface area contributed by atoms with Gasteiger partial charge in [-0.15, -0.1) is 0 Å². The van der Waals surface area contributed by atoms with E-state index in [1.807, 2.05) is 13.8 Å². The molecule has 0 saturated heterocycles. The maximum Gasteiger partial charge on any atom is 0.234 e. The van der Waals surface area contributed by atoms with Gasteiger partial charge in [-0.1, -0.05) is 32.6 Å². The number of carbonyl (C=O) groups excluding carboxylic acids is 1. The fraction of sp³-hybridized carbons (Fsp3) is 0.929. The summed E-state index contributed by atoms with van der Waals surface area (Å²) in [6.07, 6.45) is 8.06. The molecule has 1 atom stereocenters. The van der Waals surface area contributed by atoms with Crippen molar-refractivity contribution in [3.8, 4) is 0 Å². The van der Waals surface area contributed by atoms with E-state index in [4.69, 9.17) is 0 Å². The van der Waals surface area contributed by atoms with Gasteiger partial charge in [0.2, 0.25) is 5.91 Å². The lowest BCUT2D eigenvalue weighted by Crippen LogP contribution is -2.50. The molecular weight excluding hydrogens is 228 g/mol. The summed E-state index contributed by atoms with van der Waals surface area (Å²) in [6.45, 7) is 4.29. The second-order valence-electron chi connectivity index (χ2n) is 5.68. The summed E-state index contributed by atoms with van der Waals surface area (Å²) in [5.41, 5.74) is -0.346. The Morgan fingerprint density at radius 1 is 1.28 bits per heavy atom. The van der Waals surface area contributed by atoms with Crippen LogP contribution in [0.4, 0.5) is 0 Å². The van der Waals surface area contributed by atoms with Gasteiger partial charge in [0.05, 0.1) is 13.2 Å². The van der Waals surface area contributed by atoms with Crippen LogP contribution in [0, 0.1) is 0 Å². The third-order valence-electron chi connectivity index (χ3n) is 4.03. The fourth-order valence-corrected chi connectivity index (χ4v) is 2.29. The summed E-state index contributed by atoms with van der Waals surface area (Å²) in [4.78, 5) is 11.8. The molecule has 0 aromatic carbocycles. The van der Waals surface area contributed by atoms with Crippen molar-refractivity contribution in [1.29, 1.82) is 0 Å². The number of nitrogens with one attached hydrogen (secondary N) is 2. The van der Waals surface area contributed by atoms with E-state index in [2.05, 4.69) is 10.6 Å². The molecule has 4 heteroatoms. The Morgan fingerprint density at radius 3 is 2.39 bits per heavy atom. The van der Waals surface area contributed by atoms with Gasteiger partial charge in [0.15, 0.2) is 0 Å². The topological polar surface area (TPSA) is 61.4 Å². The molecule has 18 heavy (non-hydrogen) atoms. The lowest BCUT2D eigenvalue weighted by Gasteiger charge is -2.27. The van der Waals surface area contributed by atoms with E-state index < -0.39 is 0 Å². The Morgan fingerprint density at radius 2 is 1.89 bits per heavy atom. The zero-order valence-corrected chi connectivity index (χ0v) is 11.8. The van der Waals surface area contributed by atoms with E-state index in [0.717, 1.165) is 19.3 Å². The minimum absolute atomic E-state index is 0.0509. The van der Waals surface area contributed by atoms with Crippen molar-refractivity contribution < 1.29 is 9.90 Å². The monoisotopic (exact) mass is 256 g/mol. The van der Waals surface area contributed by atoms with Crippen LogP contribution in [-0.2, 0) is 4.79 Å². The highest BCUT2D eigenvalue weighted by atomic mass is 16.3. The summed E-state index contributed by atoms with van der Waals surface area (Å²) in [5, 5.41) is 15.5. The summed E-state index contributed by atoms with van der Waals surface area (Å²) in [7, 11) is 0. The van der Waals surface area contributed by atoms with Crippen LogP contribution < -0.4 is 10.6 Å². The summed E-state index contributed by atoms with van der Waals surface area (Å²) in [6, 6.07) is 0.351. The van der Waals surface area contributed by atoms with Gasteiger partial charge in [-0.2, -0.15) is 0 Å². The number of rotatable bonds is 6. The molecule has 1 unspecified atom stereocenters. The summed E-state index contributed by atoms with van der Waals surface area (Å²) >= 11 is 0. The van der Waals surface area contributed by atoms with Gasteiger partial charge in [0.1, 0.15) is 0 Å². The number of aliphatic hydroxyl groups is 1. The highest BCUT2D eigenvalue weighted by Gasteiger charge is 2.22. The number of aliphatic hydroxyl groups excluding tert-OH is 1. The molecule has 1 rings (SSSR count). The molecule has 0 bridgehead atoms. The van der Waals surface area contributed by atoms with Crippen LogP contribution in [0.2, 0.25) is 0 Å². The molecule has 0 aliphatic heterocycles. The van der Waals surface area contributed by atoms with Gasteiger partial charge in [-0.05, 0) is 26.2 Å². The van der Waals surface area contributed by atoms with E-state index >= 15 is 0 Å². The quantitative estimate of drug-likeness (QED) is 0.632. The van der Waals surface area contributed by atoms with E-state index in [1.165, 1.54) is 25.7 Å². The van der Waals surface area contributed by atoms with Crippen molar-refractivity contribution in [2.75, 3.05) is 13.2 Å². The number of hydrogen-bond acceptors (Lipinski definition) is 3. The van der Waals surface area contributed by atoms with Crippen molar-refractivity contribution in [1.82, 2.24) is 10.6 Å². The Bertz CT molecular complexity index is 244. The fourth-order valence-electron chi connectivity index (χ4n) is 2.29. The smallest absolute Gasteiger partial charge is 0.234 e. The molecule has 3 N–H and O–H groups in total. The average Bonchev–Trinajstić information content (AvgIpc) is 2.64. The summed E-state index contributed by atoms with van der Waals surface area (Å²) in [5.74, 6) is 0.0509. The van der Waals surface area contributed by atoms with Crippen molar-refractivity contribution >= 4 is 5.91 Å². The standard InChI is InChI=1S/C14H28N2O2/c1-3-14(2,11-17)15-10-13(18)16-12-8-6-4-5-7-9-12/h12,15,17H,3-11H2,1-2H3,(H,16,18). The second kappa shape index (κ2) is 7.74. The number of amides is 1. The molecular formula is C14H28N2O2. The van der Waals surface area contributed by atoms with E-state index in [9.17, 15) is 9.90 Å². The Balaban J connectivity index is 2.28. The minimum atomic E-state index is -0.346. The predicted octanol–water partition coefficient (Wildman–Crippen LogP) is 1.58. The Hall–Kier alpha value is -0.610. The maximum absolute atomic E-state index is 11.8. The number of carbonyl (C=O) groups is 1. The zero-order valence-electron chi connectivity index (χ0n) is 11.8. The van der Waals surface area contributed by atoms with Crippen LogP contribution in [0.25, 0.3) is 0 Å². The van der Waals surface area contributed by atoms with Crippen LogP contribution >= 0.6 is 0 Å². The zero-order chi connectivity index (χ0) is 13.4. The number of hydrogen-bond donors (Lipinski definition) is 3. The van der Waals surface area contributed by atoms with Crippen LogP contribution in [0.15, 0.2) is 0 Å². The van der Waals surface area contributed by atoms with Crippen molar-refractivity contribution in [3.05, 3.63) is 0 Å². The molecule has 0 aromatic rings. The van der Waals surface area contributed by atoms with Crippen molar-refractivity contribution in [2.45, 2.75) is 70.4 Å². The molecule has 1 saturated carbocycles. The van der Waals surface area contributed by atoms with E-state index in [-0.39, 0.29) is 18.1 Å². The normalized spacial score (nSPS) is 21.1. The van der Waals surface area contributed by atoms with Crippen molar-refractivity contribution in [2.24, 2.45) is 0 Å². The van der Waals surface area contributed by atoms with Crippen LogP contribution in [0.1, 0.15) is 58.8 Å². The first-order valence-electron chi connectivity index (χ1n) is 7.25. The highest BCUT2D eigenvalue weighted by Crippen LogP contribution is 2.17. The Kier molecular flexibility index (Phi) is 6.65. The van der Waals surface area contributed by atoms with E-state index in [1.54, 1.807) is 0 Å². The first kappa shape index (κ1) is 15.4. The molecule has 0 radical (unpaired) electrons. The van der Waals surface area contributed by atoms with Gasteiger partial charge in [0.25, 0.3) is 0 Å². The summed E-state index contributed by atoms with van der Waals surface area (Å²) < 4.78 is 0. The maximum atomic E-state index is 11.8. The molecule has 0 aromatic heterocycles. The molecule has 1 aliphatic rings. The van der Waals surface area contributed by atoms with Gasteiger partial charge in [-0.25, -0.2) is 0 Å². The van der Waals surface area contributed by atoms with Gasteiger partial charge in [0, 0.05) is 11.6 Å². The van der Waals surface area contributed by atoms with Crippen molar-refractivity contribution in [3.63, 3.8) is 0 Å². The molecule has 0 heterocycles. The first-order chi connectivity index (χ1) is 8.59.